The SMILES string of the molecule is CCOC(=O)c1c(C)c(CN(C)CCCn2ccnc2[N+](=O)[O-])c2ccccn12.Cl.Cl. The van der Waals surface area contributed by atoms with E-state index < -0.39 is 4.92 Å². The molecule has 3 rings (SSSR count). The van der Waals surface area contributed by atoms with Crippen molar-refractivity contribution >= 4 is 42.2 Å². The molecule has 3 heterocycles. The summed E-state index contributed by atoms with van der Waals surface area (Å²) in [6, 6.07) is 5.83. The van der Waals surface area contributed by atoms with Gasteiger partial charge in [-0.3, -0.25) is 0 Å². The summed E-state index contributed by atoms with van der Waals surface area (Å²) in [5.41, 5.74) is 3.52. The van der Waals surface area contributed by atoms with E-state index >= 15 is 0 Å². The Morgan fingerprint density at radius 3 is 2.71 bits per heavy atom. The van der Waals surface area contributed by atoms with Crippen LogP contribution in [-0.2, 0) is 17.8 Å². The smallest absolute Gasteiger partial charge is 0.434 e. The van der Waals surface area contributed by atoms with Gasteiger partial charge in [-0.05, 0) is 55.5 Å². The lowest BCUT2D eigenvalue weighted by atomic mass is 10.1. The fourth-order valence-corrected chi connectivity index (χ4v) is 3.56. The van der Waals surface area contributed by atoms with Crippen LogP contribution in [0, 0.1) is 17.0 Å². The van der Waals surface area contributed by atoms with Gasteiger partial charge in [0.15, 0.2) is 0 Å². The van der Waals surface area contributed by atoms with E-state index in [9.17, 15) is 14.9 Å². The van der Waals surface area contributed by atoms with Crippen molar-refractivity contribution in [2.24, 2.45) is 0 Å². The zero-order valence-electron chi connectivity index (χ0n) is 17.7. The van der Waals surface area contributed by atoms with Crippen LogP contribution in [0.2, 0.25) is 0 Å². The van der Waals surface area contributed by atoms with Crippen molar-refractivity contribution in [1.82, 2.24) is 18.9 Å². The van der Waals surface area contributed by atoms with Crippen molar-refractivity contribution in [2.75, 3.05) is 20.2 Å². The van der Waals surface area contributed by atoms with Gasteiger partial charge < -0.3 is 24.2 Å². The third-order valence-corrected chi connectivity index (χ3v) is 4.91. The van der Waals surface area contributed by atoms with E-state index in [1.165, 1.54) is 6.20 Å². The van der Waals surface area contributed by atoms with Crippen molar-refractivity contribution in [3.8, 4) is 0 Å². The molecular weight excluding hydrogens is 445 g/mol. The molecular formula is C20H27Cl2N5O4. The Morgan fingerprint density at radius 2 is 2.03 bits per heavy atom. The van der Waals surface area contributed by atoms with Crippen molar-refractivity contribution in [3.63, 3.8) is 0 Å². The number of pyridine rings is 1. The molecule has 0 saturated heterocycles. The molecule has 0 unspecified atom stereocenters. The van der Waals surface area contributed by atoms with Crippen LogP contribution < -0.4 is 0 Å². The van der Waals surface area contributed by atoms with E-state index in [2.05, 4.69) is 9.88 Å². The zero-order chi connectivity index (χ0) is 21.0. The Kier molecular flexibility index (Phi) is 9.96. The lowest BCUT2D eigenvalue weighted by Crippen LogP contribution is -2.21. The summed E-state index contributed by atoms with van der Waals surface area (Å²) < 4.78 is 8.66. The number of hydrogen-bond acceptors (Lipinski definition) is 6. The Hall–Kier alpha value is -2.62. The van der Waals surface area contributed by atoms with Gasteiger partial charge in [-0.1, -0.05) is 11.1 Å². The van der Waals surface area contributed by atoms with Crippen molar-refractivity contribution in [3.05, 3.63) is 63.7 Å². The van der Waals surface area contributed by atoms with Crippen LogP contribution in [0.1, 0.15) is 35.0 Å². The third-order valence-electron chi connectivity index (χ3n) is 4.91. The maximum atomic E-state index is 12.4. The monoisotopic (exact) mass is 471 g/mol. The van der Waals surface area contributed by atoms with E-state index in [1.54, 1.807) is 17.7 Å². The Labute approximate surface area is 193 Å². The first-order valence-electron chi connectivity index (χ1n) is 9.53. The number of ether oxygens (including phenoxy) is 1. The molecule has 0 saturated carbocycles. The van der Waals surface area contributed by atoms with Gasteiger partial charge in [-0.25, -0.2) is 9.36 Å². The van der Waals surface area contributed by atoms with Crippen LogP contribution in [0.25, 0.3) is 5.52 Å². The Morgan fingerprint density at radius 1 is 1.29 bits per heavy atom. The molecule has 0 aliphatic carbocycles. The standard InChI is InChI=1S/C20H25N5O4.2ClH/c1-4-29-19(26)18-15(2)16(17-8-5-6-12-24(17)18)14-22(3)10-7-11-23-13-9-21-20(23)25(27)28;;/h5-6,8-9,12-13H,4,7,10-11,14H2,1-3H3;2*1H. The Balaban J connectivity index is 0.00000240. The third kappa shape index (κ3) is 5.75. The van der Waals surface area contributed by atoms with Gasteiger partial charge >= 0.3 is 11.9 Å². The summed E-state index contributed by atoms with van der Waals surface area (Å²) in [5, 5.41) is 11.0. The van der Waals surface area contributed by atoms with Crippen LogP contribution in [0.5, 0.6) is 0 Å². The number of esters is 1. The second kappa shape index (κ2) is 11.7. The van der Waals surface area contributed by atoms with Crippen LogP contribution in [0.4, 0.5) is 5.95 Å². The maximum Gasteiger partial charge on any atom is 0.434 e. The van der Waals surface area contributed by atoms with E-state index in [1.807, 2.05) is 42.8 Å². The van der Waals surface area contributed by atoms with Crippen molar-refractivity contribution < 1.29 is 14.5 Å². The maximum absolute atomic E-state index is 12.4. The van der Waals surface area contributed by atoms with Gasteiger partial charge in [0.1, 0.15) is 18.1 Å². The molecule has 0 bridgehead atoms. The second-order valence-electron chi connectivity index (χ2n) is 6.90. The highest BCUT2D eigenvalue weighted by Crippen LogP contribution is 2.25. The number of imidazole rings is 1. The molecule has 11 heteroatoms. The van der Waals surface area contributed by atoms with Gasteiger partial charge in [0, 0.05) is 19.3 Å². The summed E-state index contributed by atoms with van der Waals surface area (Å²) in [5.74, 6) is -0.464. The predicted octanol–water partition coefficient (Wildman–Crippen LogP) is 3.89. The molecule has 0 spiro atoms. The number of rotatable bonds is 9. The minimum absolute atomic E-state index is 0. The highest BCUT2D eigenvalue weighted by molar-refractivity contribution is 5.92. The number of fused-ring (bicyclic) bond motifs is 1. The van der Waals surface area contributed by atoms with Crippen molar-refractivity contribution in [2.45, 2.75) is 33.4 Å². The lowest BCUT2D eigenvalue weighted by molar-refractivity contribution is -0.396. The Bertz CT molecular complexity index is 1030. The first-order valence-corrected chi connectivity index (χ1v) is 9.53. The number of halogens is 2. The van der Waals surface area contributed by atoms with Crippen molar-refractivity contribution in [1.29, 1.82) is 0 Å². The van der Waals surface area contributed by atoms with E-state index in [0.717, 1.165) is 29.6 Å². The summed E-state index contributed by atoms with van der Waals surface area (Å²) in [6.07, 6.45) is 5.67. The van der Waals surface area contributed by atoms with Gasteiger partial charge in [0.05, 0.1) is 18.7 Å². The molecule has 0 fully saturated rings. The summed E-state index contributed by atoms with van der Waals surface area (Å²) >= 11 is 0. The average Bonchev–Trinajstić information content (AvgIpc) is 3.25. The molecule has 170 valence electrons. The molecule has 0 atom stereocenters. The number of carbonyl (C=O) groups excluding carboxylic acids is 1. The highest BCUT2D eigenvalue weighted by Gasteiger charge is 2.22. The minimum atomic E-state index is -0.475. The minimum Gasteiger partial charge on any atom is -0.461 e. The molecule has 3 aromatic heterocycles. The van der Waals surface area contributed by atoms with Gasteiger partial charge in [0.25, 0.3) is 0 Å². The molecule has 0 radical (unpaired) electrons. The number of carbonyl (C=O) groups is 1. The van der Waals surface area contributed by atoms with Crippen LogP contribution in [0.15, 0.2) is 36.8 Å². The number of aromatic nitrogens is 3. The highest BCUT2D eigenvalue weighted by atomic mass is 35.5. The van der Waals surface area contributed by atoms with E-state index in [-0.39, 0.29) is 36.7 Å². The number of hydrogen-bond donors (Lipinski definition) is 0. The first kappa shape index (κ1) is 26.4. The zero-order valence-corrected chi connectivity index (χ0v) is 19.3. The fraction of sp³-hybridized carbons (Fsp3) is 0.400. The molecule has 9 nitrogen and oxygen atoms in total. The predicted molar refractivity (Wildman–Crippen MR) is 122 cm³/mol. The van der Waals surface area contributed by atoms with E-state index in [0.29, 0.717) is 25.4 Å². The van der Waals surface area contributed by atoms with E-state index in [4.69, 9.17) is 4.74 Å². The summed E-state index contributed by atoms with van der Waals surface area (Å²) in [4.78, 5) is 28.8. The molecule has 0 aliphatic heterocycles. The molecule has 0 N–H and O–H groups in total. The molecule has 0 amide bonds. The normalized spacial score (nSPS) is 10.6. The quantitative estimate of drug-likeness (QED) is 0.266. The lowest BCUT2D eigenvalue weighted by Gasteiger charge is -2.16. The van der Waals surface area contributed by atoms with Gasteiger partial charge in [-0.2, -0.15) is 0 Å². The second-order valence-corrected chi connectivity index (χ2v) is 6.90. The average molecular weight is 472 g/mol. The molecule has 3 aromatic rings. The van der Waals surface area contributed by atoms with Gasteiger partial charge in [-0.15, -0.1) is 24.8 Å². The topological polar surface area (TPSA) is 94.9 Å². The largest absolute Gasteiger partial charge is 0.461 e. The van der Waals surface area contributed by atoms with Crippen LogP contribution >= 0.6 is 24.8 Å². The molecule has 0 aromatic carbocycles. The number of aryl methyl sites for hydroxylation is 1. The van der Waals surface area contributed by atoms with Crippen LogP contribution in [0.3, 0.4) is 0 Å². The molecule has 31 heavy (non-hydrogen) atoms. The van der Waals surface area contributed by atoms with Crippen LogP contribution in [-0.4, -0.2) is 49.9 Å². The number of nitrogens with zero attached hydrogens (tertiary/aromatic N) is 5. The molecule has 0 aliphatic rings. The summed E-state index contributed by atoms with van der Waals surface area (Å²) in [7, 11) is 2.00. The number of nitro groups is 1. The van der Waals surface area contributed by atoms with Gasteiger partial charge in [0.2, 0.25) is 0 Å². The summed E-state index contributed by atoms with van der Waals surface area (Å²) in [6.45, 7) is 5.98. The first-order chi connectivity index (χ1) is 13.9. The fourth-order valence-electron chi connectivity index (χ4n) is 3.56.